The highest BCUT2D eigenvalue weighted by Crippen LogP contribution is 2.38. The molecule has 0 fully saturated rings. The molecule has 176 valence electrons. The van der Waals surface area contributed by atoms with Gasteiger partial charge in [0.1, 0.15) is 5.82 Å². The van der Waals surface area contributed by atoms with Gasteiger partial charge in [0.25, 0.3) is 0 Å². The number of aliphatic hydroxyl groups excluding tert-OH is 1. The molecule has 0 saturated heterocycles. The van der Waals surface area contributed by atoms with Crippen molar-refractivity contribution in [2.45, 2.75) is 19.1 Å². The van der Waals surface area contributed by atoms with Crippen LogP contribution in [0, 0.1) is 5.82 Å². The molecule has 0 aliphatic rings. The second kappa shape index (κ2) is 10.3. The summed E-state index contributed by atoms with van der Waals surface area (Å²) in [5.41, 5.74) is 11.3. The van der Waals surface area contributed by atoms with Crippen LogP contribution in [-0.2, 0) is 13.0 Å². The maximum atomic E-state index is 14.6. The third-order valence-corrected chi connectivity index (χ3v) is 6.72. The number of hydrogen-bond acceptors (Lipinski definition) is 7. The summed E-state index contributed by atoms with van der Waals surface area (Å²) in [4.78, 5) is 13.3. The number of hydrogen-bond donors (Lipinski definition) is 3. The number of nitrogens with zero attached hydrogens (tertiary/aromatic N) is 3. The minimum absolute atomic E-state index is 0.0182. The number of halogens is 1. The highest BCUT2D eigenvalue weighted by molar-refractivity contribution is 7.18. The van der Waals surface area contributed by atoms with E-state index in [2.05, 4.69) is 27.4 Å². The smallest absolute Gasteiger partial charge is 0.165 e. The Bertz CT molecular complexity index is 1440. The first-order chi connectivity index (χ1) is 17.1. The van der Waals surface area contributed by atoms with Crippen LogP contribution in [-0.4, -0.2) is 32.6 Å². The van der Waals surface area contributed by atoms with Gasteiger partial charge < -0.3 is 16.2 Å². The van der Waals surface area contributed by atoms with Gasteiger partial charge in [0, 0.05) is 29.7 Å². The van der Waals surface area contributed by atoms with Crippen molar-refractivity contribution in [2.24, 2.45) is 5.73 Å². The second-order valence-electron chi connectivity index (χ2n) is 8.26. The molecule has 0 aliphatic heterocycles. The highest BCUT2D eigenvalue weighted by atomic mass is 32.1. The number of thiophene rings is 1. The predicted molar refractivity (Wildman–Crippen MR) is 139 cm³/mol. The van der Waals surface area contributed by atoms with Crippen molar-refractivity contribution in [2.75, 3.05) is 11.9 Å². The molecule has 6 nitrogen and oxygen atoms in total. The van der Waals surface area contributed by atoms with Gasteiger partial charge in [-0.3, -0.25) is 4.98 Å². The van der Waals surface area contributed by atoms with Crippen molar-refractivity contribution in [1.82, 2.24) is 15.0 Å². The molecule has 4 N–H and O–H groups in total. The zero-order chi connectivity index (χ0) is 24.2. The average Bonchev–Trinajstić information content (AvgIpc) is 3.32. The first-order valence-electron chi connectivity index (χ1n) is 11.2. The third kappa shape index (κ3) is 5.05. The van der Waals surface area contributed by atoms with E-state index in [0.717, 1.165) is 39.5 Å². The molecule has 0 saturated carbocycles. The Kier molecular flexibility index (Phi) is 6.76. The van der Waals surface area contributed by atoms with Crippen LogP contribution in [0.25, 0.3) is 32.7 Å². The van der Waals surface area contributed by atoms with Gasteiger partial charge in [0.2, 0.25) is 0 Å². The van der Waals surface area contributed by atoms with Crippen molar-refractivity contribution in [3.8, 4) is 22.5 Å². The Morgan fingerprint density at radius 1 is 0.971 bits per heavy atom. The van der Waals surface area contributed by atoms with Gasteiger partial charge >= 0.3 is 0 Å². The van der Waals surface area contributed by atoms with Gasteiger partial charge in [-0.1, -0.05) is 54.6 Å². The molecule has 0 unspecified atom stereocenters. The highest BCUT2D eigenvalue weighted by Gasteiger charge is 2.18. The maximum Gasteiger partial charge on any atom is 0.165 e. The van der Waals surface area contributed by atoms with Crippen LogP contribution in [0.2, 0.25) is 0 Å². The molecular formula is C27H24FN5OS. The van der Waals surface area contributed by atoms with E-state index in [1.165, 1.54) is 23.1 Å². The lowest BCUT2D eigenvalue weighted by Crippen LogP contribution is -2.31. The fourth-order valence-corrected chi connectivity index (χ4v) is 4.91. The van der Waals surface area contributed by atoms with E-state index in [9.17, 15) is 9.50 Å². The molecule has 8 heteroatoms. The molecule has 0 amide bonds. The Labute approximate surface area is 206 Å². The Morgan fingerprint density at radius 3 is 2.51 bits per heavy atom. The molecule has 5 rings (SSSR count). The summed E-state index contributed by atoms with van der Waals surface area (Å²) in [6.07, 6.45) is 3.41. The van der Waals surface area contributed by atoms with E-state index in [4.69, 9.17) is 10.7 Å². The van der Waals surface area contributed by atoms with Gasteiger partial charge in [0.05, 0.1) is 28.6 Å². The van der Waals surface area contributed by atoms with Crippen molar-refractivity contribution in [3.63, 3.8) is 0 Å². The molecular weight excluding hydrogens is 461 g/mol. The lowest BCUT2D eigenvalue weighted by molar-refractivity contribution is 0.282. The minimum atomic E-state index is -0.484. The first kappa shape index (κ1) is 23.0. The van der Waals surface area contributed by atoms with E-state index in [1.54, 1.807) is 6.07 Å². The summed E-state index contributed by atoms with van der Waals surface area (Å²) in [5.74, 6) is 0.416. The SMILES string of the molecule is N[C@@H](CNc1nc(-c2ccncc2F)nc2c(-c3ccc(CO)cc3)csc12)Cc1ccccc1. The van der Waals surface area contributed by atoms with Gasteiger partial charge in [-0.2, -0.15) is 0 Å². The van der Waals surface area contributed by atoms with Crippen LogP contribution >= 0.6 is 11.3 Å². The summed E-state index contributed by atoms with van der Waals surface area (Å²) < 4.78 is 15.5. The van der Waals surface area contributed by atoms with Crippen LogP contribution in [0.1, 0.15) is 11.1 Å². The van der Waals surface area contributed by atoms with Crippen molar-refractivity contribution >= 4 is 27.4 Å². The standard InChI is InChI=1S/C27H24FN5OS/c28-23-14-30-11-10-21(23)26-32-24-22(19-8-6-18(15-34)7-9-19)16-35-25(24)27(33-26)31-13-20(29)12-17-4-2-1-3-5-17/h1-11,14,16,20,34H,12-13,15,29H2,(H,31,32,33)/t20-/m1/s1. The zero-order valence-electron chi connectivity index (χ0n) is 18.9. The van der Waals surface area contributed by atoms with Crippen LogP contribution < -0.4 is 11.1 Å². The van der Waals surface area contributed by atoms with E-state index in [0.29, 0.717) is 12.4 Å². The van der Waals surface area contributed by atoms with E-state index >= 15 is 0 Å². The predicted octanol–water partition coefficient (Wildman–Crippen LogP) is 5.03. The molecule has 3 aromatic heterocycles. The molecule has 5 aromatic rings. The van der Waals surface area contributed by atoms with Gasteiger partial charge in [-0.25, -0.2) is 14.4 Å². The lowest BCUT2D eigenvalue weighted by atomic mass is 10.1. The number of nitrogens with one attached hydrogen (secondary N) is 1. The van der Waals surface area contributed by atoms with Gasteiger partial charge in [-0.15, -0.1) is 11.3 Å². The number of nitrogens with two attached hydrogens (primary N) is 1. The quantitative estimate of drug-likeness (QED) is 0.285. The summed E-state index contributed by atoms with van der Waals surface area (Å²) in [7, 11) is 0. The van der Waals surface area contributed by atoms with E-state index in [-0.39, 0.29) is 24.0 Å². The molecule has 0 spiro atoms. The Hall–Kier alpha value is -3.72. The zero-order valence-corrected chi connectivity index (χ0v) is 19.7. The number of benzene rings is 2. The fourth-order valence-electron chi connectivity index (χ4n) is 3.93. The summed E-state index contributed by atoms with van der Waals surface area (Å²) in [6.45, 7) is 0.479. The fraction of sp³-hybridized carbons (Fsp3) is 0.148. The van der Waals surface area contributed by atoms with Gasteiger partial charge in [-0.05, 0) is 29.2 Å². The minimum Gasteiger partial charge on any atom is -0.392 e. The summed E-state index contributed by atoms with van der Waals surface area (Å²) in [6, 6.07) is 19.2. The van der Waals surface area contributed by atoms with Crippen molar-refractivity contribution in [1.29, 1.82) is 0 Å². The molecule has 0 aliphatic carbocycles. The molecule has 2 aromatic carbocycles. The second-order valence-corrected chi connectivity index (χ2v) is 9.14. The largest absolute Gasteiger partial charge is 0.392 e. The van der Waals surface area contributed by atoms with Crippen LogP contribution in [0.3, 0.4) is 0 Å². The monoisotopic (exact) mass is 485 g/mol. The number of aromatic nitrogens is 3. The van der Waals surface area contributed by atoms with Crippen molar-refractivity contribution < 1.29 is 9.50 Å². The number of aliphatic hydroxyl groups is 1. The molecule has 35 heavy (non-hydrogen) atoms. The Balaban J connectivity index is 1.52. The van der Waals surface area contributed by atoms with Crippen LogP contribution in [0.4, 0.5) is 10.2 Å². The van der Waals surface area contributed by atoms with Crippen LogP contribution in [0.5, 0.6) is 0 Å². The van der Waals surface area contributed by atoms with Gasteiger partial charge in [0.15, 0.2) is 11.6 Å². The maximum absolute atomic E-state index is 14.6. The Morgan fingerprint density at radius 2 is 1.77 bits per heavy atom. The van der Waals surface area contributed by atoms with Crippen molar-refractivity contribution in [3.05, 3.63) is 95.4 Å². The molecule has 3 heterocycles. The normalized spacial score (nSPS) is 12.1. The molecule has 0 bridgehead atoms. The number of anilines is 1. The third-order valence-electron chi connectivity index (χ3n) is 5.75. The number of pyridine rings is 1. The van der Waals surface area contributed by atoms with Crippen LogP contribution in [0.15, 0.2) is 78.4 Å². The number of fused-ring (bicyclic) bond motifs is 1. The average molecular weight is 486 g/mol. The summed E-state index contributed by atoms with van der Waals surface area (Å²) >= 11 is 1.53. The van der Waals surface area contributed by atoms with E-state index in [1.807, 2.05) is 47.8 Å². The molecule has 1 atom stereocenters. The first-order valence-corrected chi connectivity index (χ1v) is 12.1. The number of rotatable bonds is 8. The lowest BCUT2D eigenvalue weighted by Gasteiger charge is -2.15. The summed E-state index contributed by atoms with van der Waals surface area (Å²) in [5, 5.41) is 14.8. The topological polar surface area (TPSA) is 97.0 Å². The molecule has 0 radical (unpaired) electrons. The van der Waals surface area contributed by atoms with E-state index < -0.39 is 5.82 Å².